The summed E-state index contributed by atoms with van der Waals surface area (Å²) in [6.45, 7) is 0. The van der Waals surface area contributed by atoms with Gasteiger partial charge in [0.2, 0.25) is 0 Å². The van der Waals surface area contributed by atoms with E-state index in [-0.39, 0.29) is 12.1 Å². The van der Waals surface area contributed by atoms with Gasteiger partial charge >= 0.3 is 0 Å². The number of benzene rings is 2. The smallest absolute Gasteiger partial charge is 0.255 e. The Morgan fingerprint density at radius 2 is 1.73 bits per heavy atom. The van der Waals surface area contributed by atoms with Gasteiger partial charge in [-0.15, -0.1) is 0 Å². The van der Waals surface area contributed by atoms with E-state index in [1.165, 1.54) is 0 Å². The van der Waals surface area contributed by atoms with E-state index in [0.29, 0.717) is 5.56 Å². The molecule has 1 aliphatic heterocycles. The first kappa shape index (κ1) is 12.6. The molecule has 2 N–H and O–H groups in total. The number of hydrogen-bond acceptors (Lipinski definition) is 3. The maximum absolute atomic E-state index is 12.2. The van der Waals surface area contributed by atoms with Gasteiger partial charge in [-0.05, 0) is 24.3 Å². The lowest BCUT2D eigenvalue weighted by molar-refractivity contribution is 0.0935. The minimum atomic E-state index is -0.278. The highest BCUT2D eigenvalue weighted by atomic mass is 16.2. The molecule has 2 aromatic carbocycles. The van der Waals surface area contributed by atoms with Crippen LogP contribution in [0.2, 0.25) is 0 Å². The molecule has 1 aliphatic rings. The molecule has 0 bridgehead atoms. The third-order valence-corrected chi connectivity index (χ3v) is 3.70. The fourth-order valence-corrected chi connectivity index (χ4v) is 2.58. The van der Waals surface area contributed by atoms with Crippen molar-refractivity contribution in [2.45, 2.75) is 6.17 Å². The fraction of sp³-hybridized carbons (Fsp3) is 0.0588. The van der Waals surface area contributed by atoms with E-state index in [4.69, 9.17) is 0 Å². The van der Waals surface area contributed by atoms with Crippen LogP contribution in [0.4, 0.5) is 5.69 Å². The third-order valence-electron chi connectivity index (χ3n) is 3.70. The third kappa shape index (κ3) is 2.13. The summed E-state index contributed by atoms with van der Waals surface area (Å²) in [6.07, 6.45) is 3.40. The molecule has 1 amide bonds. The molecular weight excluding hydrogens is 276 g/mol. The lowest BCUT2D eigenvalue weighted by Crippen LogP contribution is -2.38. The van der Waals surface area contributed by atoms with Gasteiger partial charge < -0.3 is 10.6 Å². The van der Waals surface area contributed by atoms with Gasteiger partial charge in [0.15, 0.2) is 0 Å². The van der Waals surface area contributed by atoms with Crippen molar-refractivity contribution in [3.63, 3.8) is 0 Å². The lowest BCUT2D eigenvalue weighted by atomic mass is 10.1. The van der Waals surface area contributed by atoms with Crippen LogP contribution in [0.1, 0.15) is 22.1 Å². The molecule has 0 fully saturated rings. The zero-order valence-electron chi connectivity index (χ0n) is 11.7. The Kier molecular flexibility index (Phi) is 2.89. The zero-order chi connectivity index (χ0) is 14.9. The second-order valence-electron chi connectivity index (χ2n) is 5.15. The molecule has 0 saturated carbocycles. The van der Waals surface area contributed by atoms with E-state index < -0.39 is 0 Å². The number of hydrogen-bond donors (Lipinski definition) is 2. The average Bonchev–Trinajstić information content (AvgIpc) is 3.06. The summed E-state index contributed by atoms with van der Waals surface area (Å²) < 4.78 is 1.80. The van der Waals surface area contributed by atoms with Crippen molar-refractivity contribution in [2.75, 3.05) is 5.32 Å². The van der Waals surface area contributed by atoms with Crippen LogP contribution in [0.3, 0.4) is 0 Å². The van der Waals surface area contributed by atoms with Crippen molar-refractivity contribution in [1.29, 1.82) is 0 Å². The number of fused-ring (bicyclic) bond motifs is 1. The first-order valence-corrected chi connectivity index (χ1v) is 7.08. The minimum absolute atomic E-state index is 0.0770. The van der Waals surface area contributed by atoms with Crippen LogP contribution >= 0.6 is 0 Å². The van der Waals surface area contributed by atoms with Crippen LogP contribution < -0.4 is 10.6 Å². The first-order valence-electron chi connectivity index (χ1n) is 7.08. The quantitative estimate of drug-likeness (QED) is 0.763. The van der Waals surface area contributed by atoms with Gasteiger partial charge in [0.1, 0.15) is 6.17 Å². The largest absolute Gasteiger partial charge is 0.361 e. The van der Waals surface area contributed by atoms with Gasteiger partial charge in [0.25, 0.3) is 5.91 Å². The predicted molar refractivity (Wildman–Crippen MR) is 83.8 cm³/mol. The van der Waals surface area contributed by atoms with Crippen LogP contribution in [-0.4, -0.2) is 15.7 Å². The van der Waals surface area contributed by atoms with E-state index in [1.54, 1.807) is 16.9 Å². The number of anilines is 1. The maximum Gasteiger partial charge on any atom is 0.255 e. The summed E-state index contributed by atoms with van der Waals surface area (Å²) in [5.41, 5.74) is 3.39. The molecule has 5 heteroatoms. The molecule has 4 rings (SSSR count). The standard InChI is InChI=1S/C17H14N4O/c22-17-14-8-4-5-9-15(14)19-16(20-17)12-10-18-21(11-12)13-6-2-1-3-7-13/h1-11,16,19H,(H,20,22). The van der Waals surface area contributed by atoms with Crippen molar-refractivity contribution < 1.29 is 4.79 Å². The highest BCUT2D eigenvalue weighted by molar-refractivity contribution is 6.01. The number of aromatic nitrogens is 2. The van der Waals surface area contributed by atoms with Crippen LogP contribution in [-0.2, 0) is 0 Å². The summed E-state index contributed by atoms with van der Waals surface area (Å²) >= 11 is 0. The normalized spacial score (nSPS) is 16.5. The van der Waals surface area contributed by atoms with Gasteiger partial charge in [0.05, 0.1) is 17.4 Å². The Labute approximate surface area is 127 Å². The number of carbonyl (C=O) groups is 1. The Morgan fingerprint density at radius 1 is 0.955 bits per heavy atom. The average molecular weight is 290 g/mol. The lowest BCUT2D eigenvalue weighted by Gasteiger charge is -2.26. The summed E-state index contributed by atoms with van der Waals surface area (Å²) in [5.74, 6) is -0.0770. The van der Waals surface area contributed by atoms with Gasteiger partial charge in [-0.3, -0.25) is 4.79 Å². The van der Waals surface area contributed by atoms with E-state index >= 15 is 0 Å². The van der Waals surface area contributed by atoms with E-state index in [2.05, 4.69) is 15.7 Å². The Balaban J connectivity index is 1.64. The van der Waals surface area contributed by atoms with Crippen molar-refractivity contribution in [2.24, 2.45) is 0 Å². The molecule has 5 nitrogen and oxygen atoms in total. The number of para-hydroxylation sites is 2. The molecule has 3 aromatic rings. The van der Waals surface area contributed by atoms with Crippen molar-refractivity contribution >= 4 is 11.6 Å². The topological polar surface area (TPSA) is 59.0 Å². The van der Waals surface area contributed by atoms with Gasteiger partial charge in [-0.1, -0.05) is 30.3 Å². The van der Waals surface area contributed by atoms with Crippen molar-refractivity contribution in [1.82, 2.24) is 15.1 Å². The summed E-state index contributed by atoms with van der Waals surface area (Å²) in [4.78, 5) is 12.2. The first-order chi connectivity index (χ1) is 10.8. The SMILES string of the molecule is O=C1NC(c2cnn(-c3ccccc3)c2)Nc2ccccc21. The van der Waals surface area contributed by atoms with Crippen LogP contribution in [0, 0.1) is 0 Å². The molecule has 108 valence electrons. The minimum Gasteiger partial charge on any atom is -0.361 e. The molecule has 1 unspecified atom stereocenters. The van der Waals surface area contributed by atoms with E-state index in [1.807, 2.05) is 54.7 Å². The molecule has 1 atom stereocenters. The number of nitrogens with one attached hydrogen (secondary N) is 2. The number of nitrogens with zero attached hydrogens (tertiary/aromatic N) is 2. The van der Waals surface area contributed by atoms with Gasteiger partial charge in [-0.25, -0.2) is 4.68 Å². The molecule has 0 spiro atoms. The number of rotatable bonds is 2. The van der Waals surface area contributed by atoms with Crippen molar-refractivity contribution in [3.8, 4) is 5.69 Å². The van der Waals surface area contributed by atoms with E-state index in [0.717, 1.165) is 16.9 Å². The molecule has 1 aromatic heterocycles. The number of carbonyl (C=O) groups excluding carboxylic acids is 1. The van der Waals surface area contributed by atoms with Crippen LogP contribution in [0.5, 0.6) is 0 Å². The summed E-state index contributed by atoms with van der Waals surface area (Å²) in [7, 11) is 0. The molecular formula is C17H14N4O. The Hall–Kier alpha value is -3.08. The van der Waals surface area contributed by atoms with Crippen LogP contribution in [0.15, 0.2) is 67.0 Å². The van der Waals surface area contributed by atoms with Crippen LogP contribution in [0.25, 0.3) is 5.69 Å². The molecule has 22 heavy (non-hydrogen) atoms. The number of amides is 1. The summed E-state index contributed by atoms with van der Waals surface area (Å²) in [5, 5.41) is 10.6. The van der Waals surface area contributed by atoms with Gasteiger partial charge in [0, 0.05) is 17.4 Å². The molecule has 0 saturated heterocycles. The Morgan fingerprint density at radius 3 is 2.59 bits per heavy atom. The van der Waals surface area contributed by atoms with Gasteiger partial charge in [-0.2, -0.15) is 5.10 Å². The summed E-state index contributed by atoms with van der Waals surface area (Å²) in [6, 6.07) is 17.3. The van der Waals surface area contributed by atoms with Crippen molar-refractivity contribution in [3.05, 3.63) is 78.1 Å². The van der Waals surface area contributed by atoms with E-state index in [9.17, 15) is 4.79 Å². The second kappa shape index (κ2) is 5.04. The molecule has 0 aliphatic carbocycles. The molecule has 0 radical (unpaired) electrons. The fourth-order valence-electron chi connectivity index (χ4n) is 2.58. The Bertz CT molecular complexity index is 825. The predicted octanol–water partition coefficient (Wildman–Crippen LogP) is 2.73. The highest BCUT2D eigenvalue weighted by Crippen LogP contribution is 2.26. The second-order valence-corrected chi connectivity index (χ2v) is 5.15. The maximum atomic E-state index is 12.2. The zero-order valence-corrected chi connectivity index (χ0v) is 11.7. The molecule has 2 heterocycles. The monoisotopic (exact) mass is 290 g/mol. The highest BCUT2D eigenvalue weighted by Gasteiger charge is 2.25.